The quantitative estimate of drug-likeness (QED) is 0.881. The lowest BCUT2D eigenvalue weighted by molar-refractivity contribution is -0.114. The Morgan fingerprint density at radius 3 is 2.53 bits per heavy atom. The van der Waals surface area contributed by atoms with Gasteiger partial charge in [0.1, 0.15) is 4.58 Å². The van der Waals surface area contributed by atoms with Crippen LogP contribution in [-0.2, 0) is 4.79 Å². The number of hydrogen-bond acceptors (Lipinski definition) is 4. The number of para-hydroxylation sites is 1. The maximum Gasteiger partial charge on any atom is 0.247 e. The molecular formula is C10H11NOS3. The first-order valence-electron chi connectivity index (χ1n) is 4.53. The Balaban J connectivity index is 1.91. The Bertz CT molecular complexity index is 325. The molecule has 15 heavy (non-hydrogen) atoms. The van der Waals surface area contributed by atoms with Crippen LogP contribution in [0.4, 0.5) is 5.69 Å². The number of benzene rings is 1. The van der Waals surface area contributed by atoms with E-state index in [4.69, 9.17) is 0 Å². The Labute approximate surface area is 102 Å². The number of carbonyl (C=O) groups excluding carboxylic acids is 1. The van der Waals surface area contributed by atoms with E-state index in [1.54, 1.807) is 23.5 Å². The van der Waals surface area contributed by atoms with E-state index in [-0.39, 0.29) is 10.5 Å². The Hall–Kier alpha value is -0.260. The van der Waals surface area contributed by atoms with Gasteiger partial charge in [0.25, 0.3) is 0 Å². The topological polar surface area (TPSA) is 29.1 Å². The number of anilines is 1. The third kappa shape index (κ3) is 3.36. The number of thioether (sulfide) groups is 3. The van der Waals surface area contributed by atoms with Crippen LogP contribution in [0.5, 0.6) is 0 Å². The fraction of sp³-hybridized carbons (Fsp3) is 0.300. The molecule has 0 saturated carbocycles. The predicted octanol–water partition coefficient (Wildman–Crippen LogP) is 3.08. The van der Waals surface area contributed by atoms with Crippen LogP contribution in [0.15, 0.2) is 30.3 Å². The van der Waals surface area contributed by atoms with Crippen molar-refractivity contribution in [3.8, 4) is 0 Å². The van der Waals surface area contributed by atoms with E-state index >= 15 is 0 Å². The van der Waals surface area contributed by atoms with Crippen LogP contribution >= 0.6 is 35.3 Å². The minimum absolute atomic E-state index is 0.0476. The molecule has 5 heteroatoms. The van der Waals surface area contributed by atoms with Crippen LogP contribution < -0.4 is 5.32 Å². The number of hydrogen-bond donors (Lipinski definition) is 1. The van der Waals surface area contributed by atoms with Crippen molar-refractivity contribution >= 4 is 46.9 Å². The zero-order chi connectivity index (χ0) is 10.5. The summed E-state index contributed by atoms with van der Waals surface area (Å²) in [6.45, 7) is 0. The minimum atomic E-state index is 0.0476. The van der Waals surface area contributed by atoms with Gasteiger partial charge in [-0.1, -0.05) is 18.2 Å². The van der Waals surface area contributed by atoms with Crippen molar-refractivity contribution in [3.63, 3.8) is 0 Å². The molecule has 2 rings (SSSR count). The van der Waals surface area contributed by atoms with Gasteiger partial charge in [-0.2, -0.15) is 0 Å². The Morgan fingerprint density at radius 2 is 1.87 bits per heavy atom. The van der Waals surface area contributed by atoms with E-state index in [1.807, 2.05) is 42.1 Å². The molecule has 0 spiro atoms. The second kappa shape index (κ2) is 5.72. The number of carbonyl (C=O) groups is 1. The van der Waals surface area contributed by atoms with Gasteiger partial charge in [-0.15, -0.1) is 35.3 Å². The molecule has 0 aliphatic carbocycles. The number of amides is 1. The van der Waals surface area contributed by atoms with Crippen molar-refractivity contribution in [1.82, 2.24) is 0 Å². The fourth-order valence-electron chi connectivity index (χ4n) is 1.18. The highest BCUT2D eigenvalue weighted by molar-refractivity contribution is 8.33. The van der Waals surface area contributed by atoms with Gasteiger partial charge in [0.15, 0.2) is 0 Å². The molecule has 80 valence electrons. The summed E-state index contributed by atoms with van der Waals surface area (Å²) in [5.74, 6) is 0.108. The third-order valence-corrected chi connectivity index (χ3v) is 6.13. The molecule has 1 saturated heterocycles. The summed E-state index contributed by atoms with van der Waals surface area (Å²) in [7, 11) is 0. The van der Waals surface area contributed by atoms with E-state index in [1.165, 1.54) is 0 Å². The monoisotopic (exact) mass is 257 g/mol. The molecular weight excluding hydrogens is 246 g/mol. The molecule has 1 aromatic carbocycles. The van der Waals surface area contributed by atoms with Crippen molar-refractivity contribution in [1.29, 1.82) is 0 Å². The summed E-state index contributed by atoms with van der Waals surface area (Å²) in [4.78, 5) is 11.8. The van der Waals surface area contributed by atoms with Gasteiger partial charge in [-0.3, -0.25) is 4.79 Å². The molecule has 1 aromatic rings. The highest BCUT2D eigenvalue weighted by Gasteiger charge is 2.22. The third-order valence-electron chi connectivity index (χ3n) is 1.86. The smallest absolute Gasteiger partial charge is 0.247 e. The van der Waals surface area contributed by atoms with Crippen molar-refractivity contribution in [2.45, 2.75) is 4.58 Å². The SMILES string of the molecule is O=C(Nc1ccccc1)C1SCSCS1. The summed E-state index contributed by atoms with van der Waals surface area (Å²) in [6, 6.07) is 9.60. The second-order valence-corrected chi connectivity index (χ2v) is 7.16. The first-order chi connectivity index (χ1) is 7.36. The van der Waals surface area contributed by atoms with E-state index in [2.05, 4.69) is 5.32 Å². The largest absolute Gasteiger partial charge is 0.324 e. The van der Waals surface area contributed by atoms with E-state index in [0.29, 0.717) is 0 Å². The highest BCUT2D eigenvalue weighted by atomic mass is 32.3. The number of rotatable bonds is 2. The molecule has 2 nitrogen and oxygen atoms in total. The predicted molar refractivity (Wildman–Crippen MR) is 71.4 cm³/mol. The van der Waals surface area contributed by atoms with E-state index < -0.39 is 0 Å². The molecule has 1 aliphatic rings. The van der Waals surface area contributed by atoms with Gasteiger partial charge in [0, 0.05) is 15.9 Å². The fourth-order valence-corrected chi connectivity index (χ4v) is 5.62. The van der Waals surface area contributed by atoms with Gasteiger partial charge < -0.3 is 5.32 Å². The summed E-state index contributed by atoms with van der Waals surface area (Å²) < 4.78 is 0.0476. The van der Waals surface area contributed by atoms with Crippen LogP contribution in [0.25, 0.3) is 0 Å². The van der Waals surface area contributed by atoms with Crippen LogP contribution in [0.2, 0.25) is 0 Å². The molecule has 0 radical (unpaired) electrons. The summed E-state index contributed by atoms with van der Waals surface area (Å²) >= 11 is 5.28. The number of nitrogens with one attached hydrogen (secondary N) is 1. The normalized spacial score (nSPS) is 17.3. The van der Waals surface area contributed by atoms with Gasteiger partial charge in [-0.05, 0) is 12.1 Å². The summed E-state index contributed by atoms with van der Waals surface area (Å²) in [5, 5.41) is 4.95. The molecule has 1 aliphatic heterocycles. The lowest BCUT2D eigenvalue weighted by Gasteiger charge is -2.19. The lowest BCUT2D eigenvalue weighted by Crippen LogP contribution is -2.24. The minimum Gasteiger partial charge on any atom is -0.324 e. The molecule has 0 bridgehead atoms. The van der Waals surface area contributed by atoms with Gasteiger partial charge in [0.2, 0.25) is 5.91 Å². The van der Waals surface area contributed by atoms with Crippen molar-refractivity contribution in [2.75, 3.05) is 15.5 Å². The molecule has 0 aromatic heterocycles. The molecule has 0 unspecified atom stereocenters. The molecule has 1 heterocycles. The van der Waals surface area contributed by atoms with Crippen LogP contribution in [0, 0.1) is 0 Å². The van der Waals surface area contributed by atoms with Gasteiger partial charge >= 0.3 is 0 Å². The van der Waals surface area contributed by atoms with E-state index in [0.717, 1.165) is 15.9 Å². The standard InChI is InChI=1S/C10H11NOS3/c12-9(10-14-6-13-7-15-10)11-8-4-2-1-3-5-8/h1-5,10H,6-7H2,(H,11,12). The average molecular weight is 257 g/mol. The zero-order valence-corrected chi connectivity index (χ0v) is 10.5. The molecule has 0 atom stereocenters. The molecule has 1 N–H and O–H groups in total. The summed E-state index contributed by atoms with van der Waals surface area (Å²) in [5.41, 5.74) is 0.877. The maximum absolute atomic E-state index is 11.8. The first kappa shape index (κ1) is 11.2. The van der Waals surface area contributed by atoms with Gasteiger partial charge in [-0.25, -0.2) is 0 Å². The van der Waals surface area contributed by atoms with Crippen LogP contribution in [0.1, 0.15) is 0 Å². The summed E-state index contributed by atoms with van der Waals surface area (Å²) in [6.07, 6.45) is 0. The van der Waals surface area contributed by atoms with Crippen molar-refractivity contribution < 1.29 is 4.79 Å². The van der Waals surface area contributed by atoms with Crippen LogP contribution in [0.3, 0.4) is 0 Å². The van der Waals surface area contributed by atoms with Crippen molar-refractivity contribution in [2.24, 2.45) is 0 Å². The molecule has 1 fully saturated rings. The highest BCUT2D eigenvalue weighted by Crippen LogP contribution is 2.36. The first-order valence-corrected chi connectivity index (χ1v) is 7.78. The second-order valence-electron chi connectivity index (χ2n) is 2.96. The van der Waals surface area contributed by atoms with Crippen LogP contribution in [-0.4, -0.2) is 20.7 Å². The average Bonchev–Trinajstić information content (AvgIpc) is 2.31. The lowest BCUT2D eigenvalue weighted by atomic mass is 10.3. The van der Waals surface area contributed by atoms with Gasteiger partial charge in [0.05, 0.1) is 0 Å². The maximum atomic E-state index is 11.8. The zero-order valence-electron chi connectivity index (χ0n) is 8.01. The Morgan fingerprint density at radius 1 is 1.20 bits per heavy atom. The van der Waals surface area contributed by atoms with E-state index in [9.17, 15) is 4.79 Å². The molecule has 1 amide bonds. The van der Waals surface area contributed by atoms with Crippen molar-refractivity contribution in [3.05, 3.63) is 30.3 Å². The Kier molecular flexibility index (Phi) is 4.29.